The first-order chi connectivity index (χ1) is 17.0. The van der Waals surface area contributed by atoms with Crippen LogP contribution < -0.4 is 20.8 Å². The van der Waals surface area contributed by atoms with Crippen LogP contribution in [0.4, 0.5) is 5.69 Å². The second kappa shape index (κ2) is 9.32. The molecule has 0 saturated carbocycles. The van der Waals surface area contributed by atoms with Crippen LogP contribution in [-0.4, -0.2) is 22.9 Å². The summed E-state index contributed by atoms with van der Waals surface area (Å²) in [6.07, 6.45) is 0.0234. The summed E-state index contributed by atoms with van der Waals surface area (Å²) in [4.78, 5) is 40.8. The SMILES string of the molecule is CC(=O)c1cccc(N2C(=O)CC(=P(c3ccccc3)(c3ccccc3)c3ccccc3)C2=O)c1. The number of hydrogen-bond donors (Lipinski definition) is 0. The van der Waals surface area contributed by atoms with Gasteiger partial charge in [0.1, 0.15) is 0 Å². The highest BCUT2D eigenvalue weighted by Gasteiger charge is 2.43. The van der Waals surface area contributed by atoms with Crippen molar-refractivity contribution < 1.29 is 14.4 Å². The molecule has 0 bridgehead atoms. The van der Waals surface area contributed by atoms with E-state index in [2.05, 4.69) is 36.4 Å². The third-order valence-electron chi connectivity index (χ3n) is 6.36. The monoisotopic (exact) mass is 477 g/mol. The molecule has 4 aromatic carbocycles. The van der Waals surface area contributed by atoms with Crippen molar-refractivity contribution >= 4 is 51.4 Å². The number of anilines is 1. The summed E-state index contributed by atoms with van der Waals surface area (Å²) in [5, 5.41) is 3.66. The highest BCUT2D eigenvalue weighted by Crippen LogP contribution is 2.48. The number of Topliss-reactive ketones (excluding diaryl/α,β-unsaturated/α-hetero) is 1. The Bertz CT molecular complexity index is 1370. The lowest BCUT2D eigenvalue weighted by atomic mass is 10.1. The third-order valence-corrected chi connectivity index (χ3v) is 10.7. The summed E-state index contributed by atoms with van der Waals surface area (Å²) >= 11 is 0. The smallest absolute Gasteiger partial charge is 0.262 e. The van der Waals surface area contributed by atoms with Gasteiger partial charge in [0.05, 0.1) is 12.1 Å². The molecular formula is C30H24NO3P. The van der Waals surface area contributed by atoms with E-state index in [4.69, 9.17) is 0 Å². The van der Waals surface area contributed by atoms with E-state index in [-0.39, 0.29) is 24.0 Å². The van der Waals surface area contributed by atoms with Crippen LogP contribution >= 0.6 is 6.89 Å². The summed E-state index contributed by atoms with van der Waals surface area (Å²) in [7, 11) is 0. The topological polar surface area (TPSA) is 54.5 Å². The van der Waals surface area contributed by atoms with E-state index in [1.807, 2.05) is 54.6 Å². The van der Waals surface area contributed by atoms with Crippen molar-refractivity contribution in [1.82, 2.24) is 0 Å². The standard InChI is InChI=1S/C30H24NO3P/c1-22(32)23-12-11-13-24(20-23)31-29(33)21-28(30(31)34)35(25-14-5-2-6-15-25,26-16-7-3-8-17-26)27-18-9-4-10-19-27/h2-20H,21H2,1H3. The molecule has 5 rings (SSSR count). The maximum Gasteiger partial charge on any atom is 0.262 e. The number of hydrogen-bond acceptors (Lipinski definition) is 3. The van der Waals surface area contributed by atoms with E-state index < -0.39 is 6.89 Å². The van der Waals surface area contributed by atoms with Gasteiger partial charge in [0.15, 0.2) is 5.78 Å². The largest absolute Gasteiger partial charge is 0.295 e. The molecule has 1 saturated heterocycles. The summed E-state index contributed by atoms with van der Waals surface area (Å²) in [5.74, 6) is -0.701. The first-order valence-corrected chi connectivity index (χ1v) is 13.2. The van der Waals surface area contributed by atoms with E-state index in [0.717, 1.165) is 15.9 Å². The van der Waals surface area contributed by atoms with Crippen LogP contribution in [0.15, 0.2) is 115 Å². The van der Waals surface area contributed by atoms with E-state index >= 15 is 0 Å². The normalized spacial score (nSPS) is 13.9. The Hall–Kier alpha value is -4.01. The lowest BCUT2D eigenvalue weighted by Gasteiger charge is -2.31. The van der Waals surface area contributed by atoms with Crippen LogP contribution in [0.1, 0.15) is 23.7 Å². The fourth-order valence-electron chi connectivity index (χ4n) is 4.80. The predicted octanol–water partition coefficient (Wildman–Crippen LogP) is 4.32. The van der Waals surface area contributed by atoms with Gasteiger partial charge < -0.3 is 0 Å². The zero-order valence-corrected chi connectivity index (χ0v) is 20.2. The maximum absolute atomic E-state index is 14.2. The van der Waals surface area contributed by atoms with Gasteiger partial charge in [-0.3, -0.25) is 14.4 Å². The molecule has 0 aromatic heterocycles. The molecule has 1 fully saturated rings. The minimum atomic E-state index is -2.65. The van der Waals surface area contributed by atoms with Gasteiger partial charge in [-0.25, -0.2) is 4.90 Å². The van der Waals surface area contributed by atoms with Crippen molar-refractivity contribution in [3.63, 3.8) is 0 Å². The predicted molar refractivity (Wildman–Crippen MR) is 144 cm³/mol. The molecule has 0 unspecified atom stereocenters. The molecule has 1 aliphatic rings. The molecule has 0 radical (unpaired) electrons. The Labute approximate surface area is 204 Å². The molecule has 172 valence electrons. The first kappa shape index (κ1) is 22.8. The molecule has 0 spiro atoms. The lowest BCUT2D eigenvalue weighted by Crippen LogP contribution is -2.35. The summed E-state index contributed by atoms with van der Waals surface area (Å²) in [5.41, 5.74) is 0.891. The van der Waals surface area contributed by atoms with E-state index in [1.165, 1.54) is 11.8 Å². The summed E-state index contributed by atoms with van der Waals surface area (Å²) < 4.78 is 0. The Morgan fingerprint density at radius 2 is 1.17 bits per heavy atom. The molecule has 1 heterocycles. The highest BCUT2D eigenvalue weighted by molar-refractivity contribution is 7.96. The fraction of sp³-hybridized carbons (Fsp3) is 0.0667. The van der Waals surface area contributed by atoms with E-state index in [9.17, 15) is 14.4 Å². The van der Waals surface area contributed by atoms with Gasteiger partial charge in [0.25, 0.3) is 5.91 Å². The van der Waals surface area contributed by atoms with Crippen molar-refractivity contribution in [2.45, 2.75) is 13.3 Å². The molecule has 4 nitrogen and oxygen atoms in total. The number of nitrogens with zero attached hydrogens (tertiary/aromatic N) is 1. The summed E-state index contributed by atoms with van der Waals surface area (Å²) in [6.45, 7) is -1.17. The zero-order valence-electron chi connectivity index (χ0n) is 19.3. The van der Waals surface area contributed by atoms with Crippen LogP contribution in [0, 0.1) is 0 Å². The van der Waals surface area contributed by atoms with Gasteiger partial charge in [0.2, 0.25) is 5.91 Å². The van der Waals surface area contributed by atoms with Gasteiger partial charge in [-0.05, 0) is 41.9 Å². The number of carbonyl (C=O) groups excluding carboxylic acids is 3. The molecule has 4 aromatic rings. The van der Waals surface area contributed by atoms with Gasteiger partial charge in [0, 0.05) is 10.9 Å². The Morgan fingerprint density at radius 3 is 1.63 bits per heavy atom. The second-order valence-electron chi connectivity index (χ2n) is 8.44. The second-order valence-corrected chi connectivity index (χ2v) is 11.9. The van der Waals surface area contributed by atoms with Gasteiger partial charge in [-0.2, -0.15) is 0 Å². The zero-order chi connectivity index (χ0) is 24.4. The van der Waals surface area contributed by atoms with E-state index in [0.29, 0.717) is 16.5 Å². The number of amides is 2. The van der Waals surface area contributed by atoms with Crippen molar-refractivity contribution in [1.29, 1.82) is 0 Å². The van der Waals surface area contributed by atoms with Crippen molar-refractivity contribution in [3.05, 3.63) is 121 Å². The molecule has 0 aliphatic carbocycles. The number of carbonyl (C=O) groups is 3. The average molecular weight is 478 g/mol. The van der Waals surface area contributed by atoms with Crippen molar-refractivity contribution in [2.75, 3.05) is 4.90 Å². The minimum absolute atomic E-state index is 0.0234. The maximum atomic E-state index is 14.2. The third kappa shape index (κ3) is 3.86. The molecule has 0 atom stereocenters. The van der Waals surface area contributed by atoms with Crippen LogP contribution in [0.5, 0.6) is 0 Å². The highest BCUT2D eigenvalue weighted by atomic mass is 31.2. The Balaban J connectivity index is 1.85. The molecule has 0 N–H and O–H groups in total. The average Bonchev–Trinajstić information content (AvgIpc) is 3.20. The Morgan fingerprint density at radius 1 is 0.686 bits per heavy atom. The molecular weight excluding hydrogens is 453 g/mol. The number of benzene rings is 4. The van der Waals surface area contributed by atoms with E-state index in [1.54, 1.807) is 24.3 Å². The number of rotatable bonds is 5. The molecule has 35 heavy (non-hydrogen) atoms. The molecule has 1 aliphatic heterocycles. The summed E-state index contributed by atoms with van der Waals surface area (Å²) in [6, 6.07) is 36.8. The quantitative estimate of drug-likeness (QED) is 0.244. The van der Waals surface area contributed by atoms with Gasteiger partial charge in [-0.1, -0.05) is 103 Å². The number of imide groups is 1. The van der Waals surface area contributed by atoms with Gasteiger partial charge in [-0.15, -0.1) is 0 Å². The molecule has 2 amide bonds. The van der Waals surface area contributed by atoms with Gasteiger partial charge >= 0.3 is 0 Å². The van der Waals surface area contributed by atoms with Crippen LogP contribution in [-0.2, 0) is 9.59 Å². The van der Waals surface area contributed by atoms with Crippen molar-refractivity contribution in [2.24, 2.45) is 0 Å². The Kier molecular flexibility index (Phi) is 6.07. The van der Waals surface area contributed by atoms with Crippen LogP contribution in [0.2, 0.25) is 0 Å². The van der Waals surface area contributed by atoms with Crippen LogP contribution in [0.3, 0.4) is 0 Å². The minimum Gasteiger partial charge on any atom is -0.295 e. The number of ketones is 1. The van der Waals surface area contributed by atoms with Crippen LogP contribution in [0.25, 0.3) is 0 Å². The first-order valence-electron chi connectivity index (χ1n) is 11.4. The van der Waals surface area contributed by atoms with Crippen molar-refractivity contribution in [3.8, 4) is 0 Å². The lowest BCUT2D eigenvalue weighted by molar-refractivity contribution is -0.120. The fourth-order valence-corrected chi connectivity index (χ4v) is 9.24. The molecule has 5 heteroatoms.